The van der Waals surface area contributed by atoms with Crippen LogP contribution in [0.1, 0.15) is 0 Å². The Morgan fingerprint density at radius 2 is 1.73 bits per heavy atom. The summed E-state index contributed by atoms with van der Waals surface area (Å²) < 4.78 is 0. The zero-order chi connectivity index (χ0) is 6.85. The van der Waals surface area contributed by atoms with E-state index in [1.54, 1.807) is 0 Å². The topological polar surface area (TPSA) is 34.1 Å². The molecule has 0 heterocycles. The summed E-state index contributed by atoms with van der Waals surface area (Å²) >= 11 is 0. The molecule has 0 aromatic carbocycles. The molecule has 3 heteroatoms. The summed E-state index contributed by atoms with van der Waals surface area (Å²) in [4.78, 5) is 21.0. The molecule has 1 aliphatic carbocycles. The third-order valence-electron chi connectivity index (χ3n) is 1.03. The molecule has 0 amide bonds. The molecule has 1 rings (SSSR count). The Balaban J connectivity index is 0. The molecule has 0 saturated carbocycles. The van der Waals surface area contributed by atoms with E-state index in [1.165, 1.54) is 18.2 Å². The van der Waals surface area contributed by atoms with Crippen LogP contribution in [0.15, 0.2) is 23.8 Å². The molecular formula is C8H8O2Y-2. The van der Waals surface area contributed by atoms with Crippen LogP contribution in [0.2, 0.25) is 0 Å². The van der Waals surface area contributed by atoms with Crippen LogP contribution in [0.25, 0.3) is 0 Å². The average Bonchev–Trinajstić information content (AvgIpc) is 1.80. The Labute approximate surface area is 91.6 Å². The number of rotatable bonds is 0. The monoisotopic (exact) mass is 225 g/mol. The Bertz CT molecular complexity index is 226. The zero-order valence-electron chi connectivity index (χ0n) is 6.33. The second-order valence-electron chi connectivity index (χ2n) is 1.77. The summed E-state index contributed by atoms with van der Waals surface area (Å²) in [7, 11) is 0. The SMILES string of the molecule is [CH2-]C1=CC(=O)C=CC1=O.[CH3-].[Y]. The molecular weight excluding hydrogens is 217 g/mol. The van der Waals surface area contributed by atoms with Gasteiger partial charge in [-0.25, -0.2) is 0 Å². The Hall–Kier alpha value is -0.206. The van der Waals surface area contributed by atoms with Crippen molar-refractivity contribution in [3.8, 4) is 0 Å². The van der Waals surface area contributed by atoms with Crippen molar-refractivity contribution in [1.82, 2.24) is 0 Å². The van der Waals surface area contributed by atoms with Crippen molar-refractivity contribution >= 4 is 11.6 Å². The fraction of sp³-hybridized carbons (Fsp3) is 0. The van der Waals surface area contributed by atoms with Crippen molar-refractivity contribution in [2.24, 2.45) is 0 Å². The maximum atomic E-state index is 10.6. The number of carbonyl (C=O) groups is 2. The van der Waals surface area contributed by atoms with Crippen LogP contribution in [0.3, 0.4) is 0 Å². The Morgan fingerprint density at radius 3 is 2.09 bits per heavy atom. The van der Waals surface area contributed by atoms with Gasteiger partial charge in [-0.3, -0.25) is 0 Å². The maximum Gasteiger partial charge on any atom is 0.124 e. The van der Waals surface area contributed by atoms with E-state index in [1.807, 2.05) is 0 Å². The first kappa shape index (κ1) is 13.4. The van der Waals surface area contributed by atoms with Crippen molar-refractivity contribution < 1.29 is 42.3 Å². The largest absolute Gasteiger partial charge is 0.366 e. The molecule has 0 unspecified atom stereocenters. The first-order valence-corrected chi connectivity index (χ1v) is 2.50. The van der Waals surface area contributed by atoms with Gasteiger partial charge >= 0.3 is 0 Å². The number of allylic oxidation sites excluding steroid dienone is 4. The Kier molecular flexibility index (Phi) is 6.63. The van der Waals surface area contributed by atoms with Gasteiger partial charge in [-0.2, -0.15) is 6.92 Å². The van der Waals surface area contributed by atoms with Crippen LogP contribution in [0, 0.1) is 14.4 Å². The van der Waals surface area contributed by atoms with Gasteiger partial charge in [0.25, 0.3) is 0 Å². The van der Waals surface area contributed by atoms with Crippen molar-refractivity contribution in [2.45, 2.75) is 0 Å². The van der Waals surface area contributed by atoms with Gasteiger partial charge in [0.05, 0.1) is 5.78 Å². The molecule has 0 aliphatic heterocycles. The molecule has 0 aromatic heterocycles. The van der Waals surface area contributed by atoms with E-state index in [2.05, 4.69) is 6.92 Å². The van der Waals surface area contributed by atoms with Crippen molar-refractivity contribution in [2.75, 3.05) is 0 Å². The van der Waals surface area contributed by atoms with Gasteiger partial charge in [0.2, 0.25) is 0 Å². The molecule has 57 valence electrons. The fourth-order valence-corrected chi connectivity index (χ4v) is 0.556. The predicted molar refractivity (Wildman–Crippen MR) is 39.0 cm³/mol. The quantitative estimate of drug-likeness (QED) is 0.453. The average molecular weight is 225 g/mol. The molecule has 0 atom stereocenters. The molecule has 1 radical (unpaired) electrons. The summed E-state index contributed by atoms with van der Waals surface area (Å²) in [5, 5.41) is 0. The fourth-order valence-electron chi connectivity index (χ4n) is 0.556. The van der Waals surface area contributed by atoms with Crippen molar-refractivity contribution in [3.63, 3.8) is 0 Å². The molecule has 2 nitrogen and oxygen atoms in total. The minimum absolute atomic E-state index is 0. The van der Waals surface area contributed by atoms with E-state index in [0.717, 1.165) is 0 Å². The van der Waals surface area contributed by atoms with Crippen LogP contribution in [-0.4, -0.2) is 11.6 Å². The molecule has 11 heavy (non-hydrogen) atoms. The third kappa shape index (κ3) is 3.63. The molecule has 0 bridgehead atoms. The summed E-state index contributed by atoms with van der Waals surface area (Å²) in [6.07, 6.45) is 3.68. The van der Waals surface area contributed by atoms with Crippen LogP contribution in [0.5, 0.6) is 0 Å². The molecule has 0 N–H and O–H groups in total. The third-order valence-corrected chi connectivity index (χ3v) is 1.03. The van der Waals surface area contributed by atoms with E-state index in [9.17, 15) is 9.59 Å². The van der Waals surface area contributed by atoms with Crippen LogP contribution in [-0.2, 0) is 42.3 Å². The van der Waals surface area contributed by atoms with E-state index >= 15 is 0 Å². The van der Waals surface area contributed by atoms with Gasteiger partial charge in [-0.05, 0) is 6.08 Å². The maximum absolute atomic E-state index is 10.6. The van der Waals surface area contributed by atoms with Gasteiger partial charge in [0.15, 0.2) is 0 Å². The van der Waals surface area contributed by atoms with Crippen LogP contribution < -0.4 is 0 Å². The predicted octanol–water partition coefficient (Wildman–Crippen LogP) is 0.903. The summed E-state index contributed by atoms with van der Waals surface area (Å²) in [6, 6.07) is 0. The molecule has 0 saturated heterocycles. The van der Waals surface area contributed by atoms with Crippen molar-refractivity contribution in [1.29, 1.82) is 0 Å². The second kappa shape index (κ2) is 5.45. The second-order valence-corrected chi connectivity index (χ2v) is 1.77. The zero-order valence-corrected chi connectivity index (χ0v) is 9.17. The molecule has 1 aliphatic rings. The smallest absolute Gasteiger partial charge is 0.124 e. The summed E-state index contributed by atoms with van der Waals surface area (Å²) in [5.41, 5.74) is 0.266. The number of hydrogen-bond acceptors (Lipinski definition) is 2. The van der Waals surface area contributed by atoms with Gasteiger partial charge < -0.3 is 17.0 Å². The first-order chi connectivity index (χ1) is 4.20. The summed E-state index contributed by atoms with van der Waals surface area (Å²) in [6.45, 7) is 3.37. The van der Waals surface area contributed by atoms with Crippen LogP contribution >= 0.6 is 0 Å². The molecule has 0 spiro atoms. The van der Waals surface area contributed by atoms with Gasteiger partial charge in [-0.15, -0.1) is 11.6 Å². The van der Waals surface area contributed by atoms with Gasteiger partial charge in [-0.1, -0.05) is 6.08 Å². The first-order valence-electron chi connectivity index (χ1n) is 2.50. The van der Waals surface area contributed by atoms with E-state index in [4.69, 9.17) is 0 Å². The van der Waals surface area contributed by atoms with Crippen molar-refractivity contribution in [3.05, 3.63) is 38.2 Å². The number of carbonyl (C=O) groups excluding carboxylic acids is 2. The standard InChI is InChI=1S/C7H5O2.CH3.Y/c1-5-4-6(8)2-3-7(5)9;;/h2-4H,1H2;1H3;/q2*-1;. The van der Waals surface area contributed by atoms with E-state index in [-0.39, 0.29) is 57.3 Å². The minimum Gasteiger partial charge on any atom is -0.366 e. The number of hydrogen-bond donors (Lipinski definition) is 0. The van der Waals surface area contributed by atoms with E-state index < -0.39 is 0 Å². The van der Waals surface area contributed by atoms with Crippen LogP contribution in [0.4, 0.5) is 0 Å². The minimum atomic E-state index is -0.186. The molecule has 0 aromatic rings. The van der Waals surface area contributed by atoms with Gasteiger partial charge in [0, 0.05) is 32.7 Å². The van der Waals surface area contributed by atoms with Gasteiger partial charge in [0.1, 0.15) is 5.78 Å². The van der Waals surface area contributed by atoms with E-state index in [0.29, 0.717) is 0 Å². The number of ketones is 2. The normalized spacial score (nSPS) is 14.7. The summed E-state index contributed by atoms with van der Waals surface area (Å²) in [5.74, 6) is -0.353. The Morgan fingerprint density at radius 1 is 1.18 bits per heavy atom. The molecule has 0 fully saturated rings.